The van der Waals surface area contributed by atoms with Gasteiger partial charge in [-0.15, -0.1) is 11.3 Å². The van der Waals surface area contributed by atoms with Gasteiger partial charge in [0.15, 0.2) is 5.96 Å². The number of carbonyl (C=O) groups is 1. The molecule has 0 aliphatic rings. The smallest absolute Gasteiger partial charge is 0.341 e. The Labute approximate surface area is 152 Å². The molecule has 0 saturated heterocycles. The summed E-state index contributed by atoms with van der Waals surface area (Å²) in [6.07, 6.45) is 0.936. The fourth-order valence-electron chi connectivity index (χ4n) is 2.49. The van der Waals surface area contributed by atoms with Crippen LogP contribution in [0, 0.1) is 13.8 Å². The lowest BCUT2D eigenvalue weighted by molar-refractivity contribution is 0.0599. The first-order chi connectivity index (χ1) is 11.9. The van der Waals surface area contributed by atoms with Crippen LogP contribution in [-0.2, 0) is 17.7 Å². The highest BCUT2D eigenvalue weighted by atomic mass is 32.1. The molecular formula is C18H25N3O3S. The van der Waals surface area contributed by atoms with Gasteiger partial charge in [-0.3, -0.25) is 4.99 Å². The maximum atomic E-state index is 11.6. The number of nitrogens with zero attached hydrogens (tertiary/aromatic N) is 1. The summed E-state index contributed by atoms with van der Waals surface area (Å²) in [6.45, 7) is 6.41. The number of furan rings is 1. The third-order valence-corrected chi connectivity index (χ3v) is 4.74. The van der Waals surface area contributed by atoms with Crippen molar-refractivity contribution in [3.63, 3.8) is 0 Å². The minimum absolute atomic E-state index is 0.244. The predicted molar refractivity (Wildman–Crippen MR) is 100 cm³/mol. The standard InChI is InChI=1S/C18H25N3O3S/c1-11(8-15-7-6-12(2)25-15)21-18(19-4)20-10-14-9-16(13(3)24-14)17(22)23-5/h6-7,9,11H,8,10H2,1-5H3,(H2,19,20,21). The average molecular weight is 363 g/mol. The van der Waals surface area contributed by atoms with E-state index in [1.807, 2.05) is 11.3 Å². The number of aliphatic imine (C=N–C) groups is 1. The van der Waals surface area contributed by atoms with Gasteiger partial charge in [0.25, 0.3) is 0 Å². The van der Waals surface area contributed by atoms with Gasteiger partial charge in [0.05, 0.1) is 13.7 Å². The largest absolute Gasteiger partial charge is 0.465 e. The van der Waals surface area contributed by atoms with Crippen LogP contribution in [0.15, 0.2) is 27.6 Å². The van der Waals surface area contributed by atoms with Gasteiger partial charge < -0.3 is 19.8 Å². The predicted octanol–water partition coefficient (Wildman–Crippen LogP) is 3.04. The second-order valence-electron chi connectivity index (χ2n) is 5.86. The fraction of sp³-hybridized carbons (Fsp3) is 0.444. The van der Waals surface area contributed by atoms with Gasteiger partial charge in [-0.25, -0.2) is 4.79 Å². The molecule has 136 valence electrons. The molecule has 0 bridgehead atoms. The van der Waals surface area contributed by atoms with E-state index in [0.29, 0.717) is 29.6 Å². The number of thiophene rings is 1. The van der Waals surface area contributed by atoms with E-state index in [1.165, 1.54) is 16.9 Å². The van der Waals surface area contributed by atoms with Gasteiger partial charge in [0.2, 0.25) is 0 Å². The van der Waals surface area contributed by atoms with Gasteiger partial charge in [-0.1, -0.05) is 0 Å². The van der Waals surface area contributed by atoms with Crippen LogP contribution in [0.4, 0.5) is 0 Å². The Morgan fingerprint density at radius 1 is 1.40 bits per heavy atom. The van der Waals surface area contributed by atoms with E-state index >= 15 is 0 Å². The van der Waals surface area contributed by atoms with Crippen LogP contribution in [0.5, 0.6) is 0 Å². The molecule has 2 rings (SSSR count). The lowest BCUT2D eigenvalue weighted by Crippen LogP contribution is -2.42. The lowest BCUT2D eigenvalue weighted by atomic mass is 10.2. The quantitative estimate of drug-likeness (QED) is 0.469. The Morgan fingerprint density at radius 3 is 2.76 bits per heavy atom. The average Bonchev–Trinajstić information content (AvgIpc) is 3.16. The van der Waals surface area contributed by atoms with E-state index in [9.17, 15) is 4.79 Å². The minimum Gasteiger partial charge on any atom is -0.465 e. The van der Waals surface area contributed by atoms with Gasteiger partial charge in [0.1, 0.15) is 17.1 Å². The molecule has 1 unspecified atom stereocenters. The number of esters is 1. The molecule has 0 saturated carbocycles. The van der Waals surface area contributed by atoms with E-state index in [-0.39, 0.29) is 6.04 Å². The molecule has 1 atom stereocenters. The highest BCUT2D eigenvalue weighted by molar-refractivity contribution is 7.11. The Morgan fingerprint density at radius 2 is 2.16 bits per heavy atom. The van der Waals surface area contributed by atoms with Crippen LogP contribution < -0.4 is 10.6 Å². The van der Waals surface area contributed by atoms with Gasteiger partial charge in [-0.05, 0) is 39.0 Å². The second kappa shape index (κ2) is 8.71. The highest BCUT2D eigenvalue weighted by Crippen LogP contribution is 2.17. The van der Waals surface area contributed by atoms with Gasteiger partial charge in [-0.2, -0.15) is 0 Å². The zero-order valence-electron chi connectivity index (χ0n) is 15.3. The number of rotatable bonds is 6. The van der Waals surface area contributed by atoms with E-state index in [4.69, 9.17) is 9.15 Å². The number of aryl methyl sites for hydroxylation is 2. The van der Waals surface area contributed by atoms with E-state index in [2.05, 4.69) is 41.6 Å². The van der Waals surface area contributed by atoms with Crippen LogP contribution in [0.1, 0.15) is 38.6 Å². The first-order valence-corrected chi connectivity index (χ1v) is 8.94. The molecule has 2 N–H and O–H groups in total. The number of nitrogens with one attached hydrogen (secondary N) is 2. The number of ether oxygens (including phenoxy) is 1. The summed E-state index contributed by atoms with van der Waals surface area (Å²) >= 11 is 1.81. The molecule has 2 heterocycles. The van der Waals surface area contributed by atoms with E-state index in [0.717, 1.165) is 6.42 Å². The molecule has 2 aromatic rings. The molecule has 0 amide bonds. The van der Waals surface area contributed by atoms with E-state index < -0.39 is 5.97 Å². The first kappa shape index (κ1) is 19.1. The molecule has 25 heavy (non-hydrogen) atoms. The summed E-state index contributed by atoms with van der Waals surface area (Å²) in [5.41, 5.74) is 0.448. The van der Waals surface area contributed by atoms with Crippen molar-refractivity contribution in [3.8, 4) is 0 Å². The maximum absolute atomic E-state index is 11.6. The zero-order chi connectivity index (χ0) is 18.4. The second-order valence-corrected chi connectivity index (χ2v) is 7.23. The van der Waals surface area contributed by atoms with Crippen molar-refractivity contribution in [2.45, 2.75) is 39.8 Å². The molecule has 6 nitrogen and oxygen atoms in total. The number of guanidine groups is 1. The third kappa shape index (κ3) is 5.35. The first-order valence-electron chi connectivity index (χ1n) is 8.13. The normalized spacial score (nSPS) is 12.8. The number of hydrogen-bond donors (Lipinski definition) is 2. The van der Waals surface area contributed by atoms with Crippen molar-refractivity contribution >= 4 is 23.3 Å². The van der Waals surface area contributed by atoms with Crippen molar-refractivity contribution in [2.24, 2.45) is 4.99 Å². The summed E-state index contributed by atoms with van der Waals surface area (Å²) in [5, 5.41) is 6.56. The molecule has 2 aromatic heterocycles. The van der Waals surface area contributed by atoms with Crippen LogP contribution in [0.25, 0.3) is 0 Å². The molecule has 0 radical (unpaired) electrons. The Balaban J connectivity index is 1.88. The molecular weight excluding hydrogens is 338 g/mol. The molecule has 0 spiro atoms. The number of methoxy groups -OCH3 is 1. The van der Waals surface area contributed by atoms with Gasteiger partial charge in [0, 0.05) is 29.3 Å². The highest BCUT2D eigenvalue weighted by Gasteiger charge is 2.15. The number of hydrogen-bond acceptors (Lipinski definition) is 5. The molecule has 0 aromatic carbocycles. The summed E-state index contributed by atoms with van der Waals surface area (Å²) in [6, 6.07) is 6.24. The lowest BCUT2D eigenvalue weighted by Gasteiger charge is -2.17. The maximum Gasteiger partial charge on any atom is 0.341 e. The van der Waals surface area contributed by atoms with Crippen molar-refractivity contribution in [1.82, 2.24) is 10.6 Å². The Kier molecular flexibility index (Phi) is 6.64. The summed E-state index contributed by atoms with van der Waals surface area (Å²) in [5.74, 6) is 1.50. The Bertz CT molecular complexity index is 749. The monoisotopic (exact) mass is 363 g/mol. The molecule has 7 heteroatoms. The molecule has 0 fully saturated rings. The SMILES string of the molecule is CN=C(NCc1cc(C(=O)OC)c(C)o1)NC(C)Cc1ccc(C)s1. The summed E-state index contributed by atoms with van der Waals surface area (Å²) in [4.78, 5) is 18.5. The number of carbonyl (C=O) groups excluding carboxylic acids is 1. The third-order valence-electron chi connectivity index (χ3n) is 3.71. The van der Waals surface area contributed by atoms with Crippen LogP contribution in [-0.4, -0.2) is 32.1 Å². The van der Waals surface area contributed by atoms with Crippen molar-refractivity contribution in [3.05, 3.63) is 45.0 Å². The van der Waals surface area contributed by atoms with Crippen molar-refractivity contribution < 1.29 is 13.9 Å². The van der Waals surface area contributed by atoms with Gasteiger partial charge >= 0.3 is 5.97 Å². The van der Waals surface area contributed by atoms with Crippen molar-refractivity contribution in [1.29, 1.82) is 0 Å². The van der Waals surface area contributed by atoms with Crippen molar-refractivity contribution in [2.75, 3.05) is 14.2 Å². The fourth-order valence-corrected chi connectivity index (χ4v) is 3.51. The summed E-state index contributed by atoms with van der Waals surface area (Å²) < 4.78 is 10.3. The van der Waals surface area contributed by atoms with Crippen LogP contribution in [0.2, 0.25) is 0 Å². The minimum atomic E-state index is -0.394. The molecule has 0 aliphatic carbocycles. The zero-order valence-corrected chi connectivity index (χ0v) is 16.1. The van der Waals surface area contributed by atoms with Crippen LogP contribution in [0.3, 0.4) is 0 Å². The molecule has 0 aliphatic heterocycles. The summed E-state index contributed by atoms with van der Waals surface area (Å²) in [7, 11) is 3.08. The Hall–Kier alpha value is -2.28. The van der Waals surface area contributed by atoms with Crippen LogP contribution >= 0.6 is 11.3 Å². The topological polar surface area (TPSA) is 75.9 Å². The van der Waals surface area contributed by atoms with E-state index in [1.54, 1.807) is 20.0 Å².